The van der Waals surface area contributed by atoms with Gasteiger partial charge in [-0.2, -0.15) is 0 Å². The van der Waals surface area contributed by atoms with Crippen LogP contribution in [0.15, 0.2) is 67.0 Å². The van der Waals surface area contributed by atoms with Crippen molar-refractivity contribution in [1.29, 1.82) is 0 Å². The molecular formula is C22H24ClN2O2+. The zero-order valence-electron chi connectivity index (χ0n) is 15.4. The van der Waals surface area contributed by atoms with Crippen molar-refractivity contribution in [3.8, 4) is 11.5 Å². The minimum atomic E-state index is 0.410. The summed E-state index contributed by atoms with van der Waals surface area (Å²) in [6.07, 6.45) is 3.64. The van der Waals surface area contributed by atoms with E-state index in [4.69, 9.17) is 21.1 Å². The number of benzene rings is 2. The predicted molar refractivity (Wildman–Crippen MR) is 107 cm³/mol. The molecule has 4 nitrogen and oxygen atoms in total. The average Bonchev–Trinajstić information content (AvgIpc) is 2.69. The van der Waals surface area contributed by atoms with E-state index in [1.807, 2.05) is 61.8 Å². The highest BCUT2D eigenvalue weighted by Gasteiger charge is 2.09. The molecule has 0 aliphatic carbocycles. The van der Waals surface area contributed by atoms with E-state index >= 15 is 0 Å². The molecule has 0 fully saturated rings. The van der Waals surface area contributed by atoms with Gasteiger partial charge in [-0.1, -0.05) is 29.8 Å². The van der Waals surface area contributed by atoms with Crippen molar-refractivity contribution in [2.75, 3.05) is 6.61 Å². The Balaban J connectivity index is 1.62. The topological polar surface area (TPSA) is 48.0 Å². The molecule has 0 atom stereocenters. The maximum absolute atomic E-state index is 6.21. The number of halogens is 1. The monoisotopic (exact) mass is 383 g/mol. The van der Waals surface area contributed by atoms with E-state index in [2.05, 4.69) is 22.4 Å². The molecule has 0 unspecified atom stereocenters. The molecule has 3 rings (SSSR count). The van der Waals surface area contributed by atoms with Gasteiger partial charge >= 0.3 is 0 Å². The van der Waals surface area contributed by atoms with Crippen molar-refractivity contribution < 1.29 is 14.8 Å². The standard InChI is InChI=1S/C22H23ClN2O2/c1-2-26-22-13-18(15-25-14-17-9-11-24-12-10-17)7-8-21(22)27-16-19-5-3-4-6-20(19)23/h3-13,25H,2,14-16H2,1H3/p+1. The highest BCUT2D eigenvalue weighted by Crippen LogP contribution is 2.29. The lowest BCUT2D eigenvalue weighted by molar-refractivity contribution is -0.686. The first-order valence-electron chi connectivity index (χ1n) is 9.08. The lowest BCUT2D eigenvalue weighted by atomic mass is 10.2. The smallest absolute Gasteiger partial charge is 0.161 e. The van der Waals surface area contributed by atoms with Crippen LogP contribution < -0.4 is 14.8 Å². The summed E-state index contributed by atoms with van der Waals surface area (Å²) in [6, 6.07) is 17.9. The molecule has 0 radical (unpaired) electrons. The lowest BCUT2D eigenvalue weighted by Gasteiger charge is -2.14. The van der Waals surface area contributed by atoms with Gasteiger partial charge in [-0.05, 0) is 43.3 Å². The van der Waals surface area contributed by atoms with E-state index in [9.17, 15) is 0 Å². The molecule has 3 aromatic rings. The Labute approximate surface area is 165 Å². The van der Waals surface area contributed by atoms with Crippen LogP contribution in [0.3, 0.4) is 0 Å². The van der Waals surface area contributed by atoms with E-state index in [-0.39, 0.29) is 0 Å². The Kier molecular flexibility index (Phi) is 7.08. The lowest BCUT2D eigenvalue weighted by Crippen LogP contribution is -2.80. The maximum Gasteiger partial charge on any atom is 0.161 e. The van der Waals surface area contributed by atoms with Crippen LogP contribution in [0.5, 0.6) is 11.5 Å². The molecule has 2 N–H and O–H groups in total. The summed E-state index contributed by atoms with van der Waals surface area (Å²) in [5.74, 6) is 1.49. The van der Waals surface area contributed by atoms with E-state index < -0.39 is 0 Å². The van der Waals surface area contributed by atoms with Gasteiger partial charge in [0.1, 0.15) is 19.7 Å². The molecule has 5 heteroatoms. The van der Waals surface area contributed by atoms with Gasteiger partial charge in [0.25, 0.3) is 0 Å². The van der Waals surface area contributed by atoms with Gasteiger partial charge < -0.3 is 14.8 Å². The molecule has 2 aromatic carbocycles. The van der Waals surface area contributed by atoms with Gasteiger partial charge in [-0.3, -0.25) is 4.98 Å². The third-order valence-electron chi connectivity index (χ3n) is 4.16. The third kappa shape index (κ3) is 5.71. The number of ether oxygens (including phenoxy) is 2. The molecule has 0 bridgehead atoms. The fraction of sp³-hybridized carbons (Fsp3) is 0.227. The predicted octanol–water partition coefficient (Wildman–Crippen LogP) is 3.98. The van der Waals surface area contributed by atoms with Crippen LogP contribution in [0.25, 0.3) is 0 Å². The van der Waals surface area contributed by atoms with Crippen LogP contribution in [0.1, 0.15) is 23.6 Å². The Morgan fingerprint density at radius 3 is 2.44 bits per heavy atom. The first-order valence-corrected chi connectivity index (χ1v) is 9.46. The largest absolute Gasteiger partial charge is 0.490 e. The summed E-state index contributed by atoms with van der Waals surface area (Å²) in [7, 11) is 0. The van der Waals surface area contributed by atoms with Crippen LogP contribution in [-0.4, -0.2) is 11.6 Å². The fourth-order valence-corrected chi connectivity index (χ4v) is 2.95. The number of nitrogens with two attached hydrogens (primary N) is 1. The van der Waals surface area contributed by atoms with Crippen molar-refractivity contribution in [2.45, 2.75) is 26.6 Å². The van der Waals surface area contributed by atoms with Crippen LogP contribution in [0.2, 0.25) is 5.02 Å². The first kappa shape index (κ1) is 19.2. The molecule has 1 heterocycles. The van der Waals surface area contributed by atoms with E-state index in [1.165, 1.54) is 11.1 Å². The number of nitrogens with zero attached hydrogens (tertiary/aromatic N) is 1. The van der Waals surface area contributed by atoms with Gasteiger partial charge in [0.05, 0.1) is 6.61 Å². The van der Waals surface area contributed by atoms with Crippen molar-refractivity contribution in [3.05, 3.63) is 88.7 Å². The second-order valence-electron chi connectivity index (χ2n) is 6.15. The number of rotatable bonds is 9. The highest BCUT2D eigenvalue weighted by atomic mass is 35.5. The second-order valence-corrected chi connectivity index (χ2v) is 6.55. The number of quaternary nitrogens is 1. The quantitative estimate of drug-likeness (QED) is 0.608. The highest BCUT2D eigenvalue weighted by molar-refractivity contribution is 6.31. The molecular weight excluding hydrogens is 360 g/mol. The number of hydrogen-bond donors (Lipinski definition) is 1. The van der Waals surface area contributed by atoms with Gasteiger partial charge in [-0.15, -0.1) is 0 Å². The minimum Gasteiger partial charge on any atom is -0.490 e. The Morgan fingerprint density at radius 1 is 0.889 bits per heavy atom. The maximum atomic E-state index is 6.21. The summed E-state index contributed by atoms with van der Waals surface area (Å²) < 4.78 is 11.7. The molecule has 0 amide bonds. The van der Waals surface area contributed by atoms with Crippen molar-refractivity contribution in [3.63, 3.8) is 0 Å². The molecule has 0 spiro atoms. The summed E-state index contributed by atoms with van der Waals surface area (Å²) >= 11 is 6.21. The number of pyridine rings is 1. The summed E-state index contributed by atoms with van der Waals surface area (Å²) in [5.41, 5.74) is 3.41. The summed E-state index contributed by atoms with van der Waals surface area (Å²) in [5, 5.41) is 2.96. The van der Waals surface area contributed by atoms with Crippen LogP contribution in [-0.2, 0) is 19.7 Å². The van der Waals surface area contributed by atoms with E-state index in [0.29, 0.717) is 18.2 Å². The van der Waals surface area contributed by atoms with Crippen LogP contribution in [0, 0.1) is 0 Å². The van der Waals surface area contributed by atoms with Gasteiger partial charge in [0, 0.05) is 34.1 Å². The summed E-state index contributed by atoms with van der Waals surface area (Å²) in [6.45, 7) is 4.75. The molecule has 140 valence electrons. The minimum absolute atomic E-state index is 0.410. The van der Waals surface area contributed by atoms with E-state index in [1.54, 1.807) is 0 Å². The second kappa shape index (κ2) is 9.95. The Hall–Kier alpha value is -2.56. The van der Waals surface area contributed by atoms with Crippen molar-refractivity contribution in [2.24, 2.45) is 0 Å². The van der Waals surface area contributed by atoms with Gasteiger partial charge in [-0.25, -0.2) is 0 Å². The van der Waals surface area contributed by atoms with Gasteiger partial charge in [0.15, 0.2) is 11.5 Å². The van der Waals surface area contributed by atoms with Gasteiger partial charge in [0.2, 0.25) is 0 Å². The van der Waals surface area contributed by atoms with Crippen LogP contribution in [0.4, 0.5) is 0 Å². The molecule has 0 saturated heterocycles. The average molecular weight is 384 g/mol. The third-order valence-corrected chi connectivity index (χ3v) is 4.53. The van der Waals surface area contributed by atoms with E-state index in [0.717, 1.165) is 30.2 Å². The number of aromatic nitrogens is 1. The molecule has 1 aromatic heterocycles. The normalized spacial score (nSPS) is 10.6. The zero-order chi connectivity index (χ0) is 18.9. The van der Waals surface area contributed by atoms with Crippen molar-refractivity contribution >= 4 is 11.6 Å². The SMILES string of the molecule is CCOc1cc(C[NH2+]Cc2ccncc2)ccc1OCc1ccccc1Cl. The number of hydrogen-bond acceptors (Lipinski definition) is 3. The zero-order valence-corrected chi connectivity index (χ0v) is 16.2. The Bertz CT molecular complexity index is 856. The van der Waals surface area contributed by atoms with Crippen molar-refractivity contribution in [1.82, 2.24) is 4.98 Å². The fourth-order valence-electron chi connectivity index (χ4n) is 2.76. The molecule has 27 heavy (non-hydrogen) atoms. The van der Waals surface area contributed by atoms with Crippen LogP contribution >= 0.6 is 11.6 Å². The molecule has 0 saturated carbocycles. The first-order chi connectivity index (χ1) is 13.3. The molecule has 0 aliphatic rings. The Morgan fingerprint density at radius 2 is 1.67 bits per heavy atom. The molecule has 0 aliphatic heterocycles. The summed E-state index contributed by atoms with van der Waals surface area (Å²) in [4.78, 5) is 4.05.